The maximum Gasteiger partial charge on any atom is 0.416 e. The summed E-state index contributed by atoms with van der Waals surface area (Å²) < 4.78 is 43.4. The second kappa shape index (κ2) is 9.21. The van der Waals surface area contributed by atoms with Crippen molar-refractivity contribution in [3.8, 4) is 0 Å². The Morgan fingerprint density at radius 3 is 2.50 bits per heavy atom. The van der Waals surface area contributed by atoms with Crippen LogP contribution in [0.4, 0.5) is 18.3 Å². The molecule has 154 valence electrons. The van der Waals surface area contributed by atoms with E-state index < -0.39 is 17.3 Å². The Balaban J connectivity index is 0.00000280. The van der Waals surface area contributed by atoms with Gasteiger partial charge >= 0.3 is 6.18 Å². The molecule has 1 amide bonds. The summed E-state index contributed by atoms with van der Waals surface area (Å²) in [5.41, 5.74) is -0.781. The molecular formula is C18H21ClF3N3O2S. The van der Waals surface area contributed by atoms with Gasteiger partial charge in [-0.1, -0.05) is 12.1 Å². The highest BCUT2D eigenvalue weighted by atomic mass is 35.5. The number of hydrogen-bond donors (Lipinski definition) is 2. The van der Waals surface area contributed by atoms with Crippen LogP contribution in [0.3, 0.4) is 0 Å². The van der Waals surface area contributed by atoms with Crippen molar-refractivity contribution in [3.63, 3.8) is 0 Å². The van der Waals surface area contributed by atoms with Gasteiger partial charge in [0.1, 0.15) is 5.60 Å². The van der Waals surface area contributed by atoms with Crippen LogP contribution in [0.25, 0.3) is 0 Å². The van der Waals surface area contributed by atoms with Crippen LogP contribution in [-0.4, -0.2) is 36.7 Å². The van der Waals surface area contributed by atoms with Gasteiger partial charge in [-0.05, 0) is 43.6 Å². The van der Waals surface area contributed by atoms with Gasteiger partial charge in [-0.2, -0.15) is 13.2 Å². The van der Waals surface area contributed by atoms with Crippen LogP contribution in [0, 0.1) is 0 Å². The highest BCUT2D eigenvalue weighted by Gasteiger charge is 2.40. The third kappa shape index (κ3) is 5.22. The first-order valence-corrected chi connectivity index (χ1v) is 9.32. The fraction of sp³-hybridized carbons (Fsp3) is 0.444. The van der Waals surface area contributed by atoms with Crippen LogP contribution in [0.15, 0.2) is 30.5 Å². The van der Waals surface area contributed by atoms with Crippen LogP contribution < -0.4 is 10.6 Å². The predicted molar refractivity (Wildman–Crippen MR) is 104 cm³/mol. The molecule has 0 unspecified atom stereocenters. The number of aromatic nitrogens is 1. The van der Waals surface area contributed by atoms with Crippen LogP contribution in [0.5, 0.6) is 0 Å². The topological polar surface area (TPSA) is 63.2 Å². The van der Waals surface area contributed by atoms with Gasteiger partial charge in [0, 0.05) is 24.6 Å². The molecule has 0 atom stereocenters. The predicted octanol–water partition coefficient (Wildman–Crippen LogP) is 3.88. The summed E-state index contributed by atoms with van der Waals surface area (Å²) in [6.07, 6.45) is -1.10. The summed E-state index contributed by atoms with van der Waals surface area (Å²) in [7, 11) is 1.53. The SMILES string of the molecule is COC1(C(=O)Nc2ncc(Cc3ccc(C(F)(F)F)cc3)s2)CCNCC1.Cl. The van der Waals surface area contributed by atoms with Gasteiger partial charge < -0.3 is 10.1 Å². The summed E-state index contributed by atoms with van der Waals surface area (Å²) in [6.45, 7) is 1.41. The lowest BCUT2D eigenvalue weighted by Gasteiger charge is -2.34. The third-order valence-corrected chi connectivity index (χ3v) is 5.56. The number of rotatable bonds is 5. The number of benzene rings is 1. The molecule has 0 aliphatic carbocycles. The van der Waals surface area contributed by atoms with Gasteiger partial charge in [0.15, 0.2) is 5.13 Å². The molecule has 1 fully saturated rings. The number of carbonyl (C=O) groups is 1. The fourth-order valence-corrected chi connectivity index (χ4v) is 3.87. The van der Waals surface area contributed by atoms with E-state index in [0.717, 1.165) is 22.6 Å². The van der Waals surface area contributed by atoms with Gasteiger partial charge in [0.25, 0.3) is 5.91 Å². The molecule has 1 aromatic heterocycles. The molecule has 2 heterocycles. The number of nitrogens with zero attached hydrogens (tertiary/aromatic N) is 1. The lowest BCUT2D eigenvalue weighted by molar-refractivity contribution is -0.140. The molecule has 2 N–H and O–H groups in total. The first kappa shape index (κ1) is 22.6. The van der Waals surface area contributed by atoms with Gasteiger partial charge in [-0.15, -0.1) is 23.7 Å². The molecule has 10 heteroatoms. The van der Waals surface area contributed by atoms with Gasteiger partial charge in [0.2, 0.25) is 0 Å². The third-order valence-electron chi connectivity index (χ3n) is 4.65. The number of anilines is 1. The van der Waals surface area contributed by atoms with Crippen LogP contribution >= 0.6 is 23.7 Å². The molecule has 0 spiro atoms. The molecule has 5 nitrogen and oxygen atoms in total. The second-order valence-electron chi connectivity index (χ2n) is 6.41. The fourth-order valence-electron chi connectivity index (χ4n) is 3.03. The summed E-state index contributed by atoms with van der Waals surface area (Å²) in [6, 6.07) is 5.04. The van der Waals surface area contributed by atoms with E-state index in [-0.39, 0.29) is 18.3 Å². The van der Waals surface area contributed by atoms with Crippen molar-refractivity contribution in [1.29, 1.82) is 0 Å². The lowest BCUT2D eigenvalue weighted by Crippen LogP contribution is -2.51. The van der Waals surface area contributed by atoms with Gasteiger partial charge in [-0.3, -0.25) is 10.1 Å². The molecule has 28 heavy (non-hydrogen) atoms. The van der Waals surface area contributed by atoms with Gasteiger partial charge in [0.05, 0.1) is 5.56 Å². The first-order valence-electron chi connectivity index (χ1n) is 8.50. The molecule has 1 aliphatic heterocycles. The van der Waals surface area contributed by atoms with E-state index in [9.17, 15) is 18.0 Å². The van der Waals surface area contributed by atoms with E-state index in [1.807, 2.05) is 0 Å². The molecule has 1 aromatic carbocycles. The molecule has 3 rings (SSSR count). The van der Waals surface area contributed by atoms with E-state index in [4.69, 9.17) is 4.74 Å². The standard InChI is InChI=1S/C18H20F3N3O2S.ClH/c1-26-17(6-8-22-9-7-17)15(25)24-16-23-11-14(27-16)10-12-2-4-13(5-3-12)18(19,20)21;/h2-5,11,22H,6-10H2,1H3,(H,23,24,25);1H. The zero-order valence-corrected chi connectivity index (χ0v) is 16.8. The summed E-state index contributed by atoms with van der Waals surface area (Å²) in [4.78, 5) is 17.7. The molecule has 1 aliphatic rings. The van der Waals surface area contributed by atoms with Crippen molar-refractivity contribution < 1.29 is 22.7 Å². The van der Waals surface area contributed by atoms with Crippen molar-refractivity contribution in [2.75, 3.05) is 25.5 Å². The monoisotopic (exact) mass is 435 g/mol. The Morgan fingerprint density at radius 2 is 1.93 bits per heavy atom. The first-order chi connectivity index (χ1) is 12.8. The zero-order valence-electron chi connectivity index (χ0n) is 15.1. The van der Waals surface area contributed by atoms with Crippen molar-refractivity contribution in [2.45, 2.75) is 31.0 Å². The molecule has 0 bridgehead atoms. The lowest BCUT2D eigenvalue weighted by atomic mass is 9.91. The van der Waals surface area contributed by atoms with Crippen LogP contribution in [0.1, 0.15) is 28.8 Å². The van der Waals surface area contributed by atoms with Gasteiger partial charge in [-0.25, -0.2) is 4.98 Å². The van der Waals surface area contributed by atoms with Crippen LogP contribution in [-0.2, 0) is 22.1 Å². The number of ether oxygens (including phenoxy) is 1. The number of thiazole rings is 1. The summed E-state index contributed by atoms with van der Waals surface area (Å²) in [5, 5.41) is 6.45. The molecule has 1 saturated heterocycles. The number of methoxy groups -OCH3 is 1. The molecule has 0 radical (unpaired) electrons. The Bertz CT molecular complexity index is 790. The van der Waals surface area contributed by atoms with E-state index in [2.05, 4.69) is 15.6 Å². The quantitative estimate of drug-likeness (QED) is 0.748. The minimum absolute atomic E-state index is 0. The zero-order chi connectivity index (χ0) is 19.5. The molecular weight excluding hydrogens is 415 g/mol. The number of halogens is 4. The van der Waals surface area contributed by atoms with E-state index in [0.29, 0.717) is 37.5 Å². The maximum atomic E-state index is 12.6. The van der Waals surface area contributed by atoms with Crippen molar-refractivity contribution in [3.05, 3.63) is 46.5 Å². The van der Waals surface area contributed by atoms with Crippen molar-refractivity contribution in [2.24, 2.45) is 0 Å². The maximum absolute atomic E-state index is 12.6. The van der Waals surface area contributed by atoms with E-state index in [1.165, 1.54) is 30.6 Å². The average molecular weight is 436 g/mol. The largest absolute Gasteiger partial charge is 0.416 e. The number of piperidine rings is 1. The number of amides is 1. The van der Waals surface area contributed by atoms with E-state index in [1.54, 1.807) is 6.20 Å². The minimum atomic E-state index is -4.34. The molecule has 0 saturated carbocycles. The highest BCUT2D eigenvalue weighted by molar-refractivity contribution is 7.15. The number of nitrogens with one attached hydrogen (secondary N) is 2. The summed E-state index contributed by atoms with van der Waals surface area (Å²) >= 11 is 1.30. The van der Waals surface area contributed by atoms with Crippen molar-refractivity contribution in [1.82, 2.24) is 10.3 Å². The number of carbonyl (C=O) groups excluding carboxylic acids is 1. The normalized spacial score (nSPS) is 16.3. The average Bonchev–Trinajstić information content (AvgIpc) is 3.08. The Labute approximate surface area is 171 Å². The molecule has 2 aromatic rings. The van der Waals surface area contributed by atoms with Crippen LogP contribution in [0.2, 0.25) is 0 Å². The van der Waals surface area contributed by atoms with Crippen molar-refractivity contribution >= 4 is 34.8 Å². The highest BCUT2D eigenvalue weighted by Crippen LogP contribution is 2.30. The number of alkyl halides is 3. The van der Waals surface area contributed by atoms with E-state index >= 15 is 0 Å². The Morgan fingerprint density at radius 1 is 1.29 bits per heavy atom. The smallest absolute Gasteiger partial charge is 0.368 e. The minimum Gasteiger partial charge on any atom is -0.368 e. The number of hydrogen-bond acceptors (Lipinski definition) is 5. The second-order valence-corrected chi connectivity index (χ2v) is 7.52. The Hall–Kier alpha value is -1.68. The Kier molecular flexibility index (Phi) is 7.44. The summed E-state index contributed by atoms with van der Waals surface area (Å²) in [5.74, 6) is -0.220.